The molecule has 1 aromatic heterocycles. The highest BCUT2D eigenvalue weighted by atomic mass is 127. The van der Waals surface area contributed by atoms with Crippen LogP contribution in [0.2, 0.25) is 5.02 Å². The van der Waals surface area contributed by atoms with Crippen molar-refractivity contribution in [1.82, 2.24) is 20.2 Å². The number of benzene rings is 1. The minimum atomic E-state index is -2.62. The highest BCUT2D eigenvalue weighted by Crippen LogP contribution is 2.22. The molecular formula is C19H27ClF2IN5. The maximum atomic E-state index is 12.9. The summed E-state index contributed by atoms with van der Waals surface area (Å²) in [6.07, 6.45) is 3.45. The van der Waals surface area contributed by atoms with Crippen molar-refractivity contribution in [3.63, 3.8) is 0 Å². The average molecular weight is 526 g/mol. The third kappa shape index (κ3) is 7.90. The van der Waals surface area contributed by atoms with E-state index in [0.717, 1.165) is 21.6 Å². The first kappa shape index (κ1) is 24.6. The maximum absolute atomic E-state index is 12.9. The largest absolute Gasteiger partial charge is 0.357 e. The van der Waals surface area contributed by atoms with Crippen LogP contribution < -0.4 is 10.6 Å². The summed E-state index contributed by atoms with van der Waals surface area (Å²) in [4.78, 5) is 8.33. The van der Waals surface area contributed by atoms with Crippen molar-refractivity contribution in [1.29, 1.82) is 0 Å². The van der Waals surface area contributed by atoms with Crippen LogP contribution in [0.4, 0.5) is 8.78 Å². The smallest absolute Gasteiger partial charge is 0.319 e. The lowest BCUT2D eigenvalue weighted by Crippen LogP contribution is -2.42. The molecule has 0 aliphatic rings. The number of aliphatic imine (C=N–C) groups is 1. The minimum Gasteiger partial charge on any atom is -0.357 e. The molecule has 1 heterocycles. The van der Waals surface area contributed by atoms with Crippen LogP contribution in [0.1, 0.15) is 38.7 Å². The van der Waals surface area contributed by atoms with E-state index in [1.807, 2.05) is 25.1 Å². The Kier molecular flexibility index (Phi) is 10.2. The molecule has 0 aliphatic carbocycles. The second-order valence-corrected chi connectivity index (χ2v) is 7.48. The standard InChI is InChI=1S/C19H26ClF2N5.HI/c1-4-23-18(25-12-16-24-8-9-27(16)17(21)22)26-13-19(2,3)11-14-6-5-7-15(20)10-14;/h5-10,17H,4,11-13H2,1-3H3,(H2,23,25,26);1H. The summed E-state index contributed by atoms with van der Waals surface area (Å²) >= 11 is 6.06. The van der Waals surface area contributed by atoms with E-state index in [1.165, 1.54) is 12.4 Å². The molecule has 2 N–H and O–H groups in total. The van der Waals surface area contributed by atoms with E-state index in [2.05, 4.69) is 40.5 Å². The van der Waals surface area contributed by atoms with Gasteiger partial charge in [-0.2, -0.15) is 8.78 Å². The fraction of sp³-hybridized carbons (Fsp3) is 0.474. The van der Waals surface area contributed by atoms with Crippen molar-refractivity contribution in [2.24, 2.45) is 10.4 Å². The van der Waals surface area contributed by atoms with E-state index in [0.29, 0.717) is 19.0 Å². The summed E-state index contributed by atoms with van der Waals surface area (Å²) in [6.45, 7) is 5.03. The normalized spacial score (nSPS) is 12.0. The first-order chi connectivity index (χ1) is 12.8. The molecule has 0 aliphatic heterocycles. The van der Waals surface area contributed by atoms with Gasteiger partial charge in [-0.3, -0.25) is 4.57 Å². The number of alkyl halides is 2. The fourth-order valence-corrected chi connectivity index (χ4v) is 2.93. The maximum Gasteiger partial charge on any atom is 0.319 e. The van der Waals surface area contributed by atoms with Crippen molar-refractivity contribution >= 4 is 41.5 Å². The van der Waals surface area contributed by atoms with Crippen molar-refractivity contribution in [2.75, 3.05) is 13.1 Å². The first-order valence-corrected chi connectivity index (χ1v) is 9.25. The summed E-state index contributed by atoms with van der Waals surface area (Å²) in [5, 5.41) is 7.14. The van der Waals surface area contributed by atoms with Crippen molar-refractivity contribution in [3.05, 3.63) is 53.1 Å². The lowest BCUT2D eigenvalue weighted by Gasteiger charge is -2.26. The van der Waals surface area contributed by atoms with Gasteiger partial charge in [0.25, 0.3) is 0 Å². The summed E-state index contributed by atoms with van der Waals surface area (Å²) in [6, 6.07) is 7.82. The Bertz CT molecular complexity index is 764. The third-order valence-electron chi connectivity index (χ3n) is 3.99. The number of hydrogen-bond donors (Lipinski definition) is 2. The quantitative estimate of drug-likeness (QED) is 0.294. The van der Waals surface area contributed by atoms with E-state index in [-0.39, 0.29) is 41.8 Å². The molecule has 5 nitrogen and oxygen atoms in total. The third-order valence-corrected chi connectivity index (χ3v) is 4.22. The number of hydrogen-bond acceptors (Lipinski definition) is 2. The van der Waals surface area contributed by atoms with Gasteiger partial charge in [0, 0.05) is 30.5 Å². The first-order valence-electron chi connectivity index (χ1n) is 8.87. The van der Waals surface area contributed by atoms with Gasteiger partial charge in [-0.05, 0) is 36.5 Å². The van der Waals surface area contributed by atoms with Crippen molar-refractivity contribution in [2.45, 2.75) is 40.3 Å². The highest BCUT2D eigenvalue weighted by molar-refractivity contribution is 14.0. The molecular weight excluding hydrogens is 499 g/mol. The molecule has 0 spiro atoms. The molecule has 0 radical (unpaired) electrons. The highest BCUT2D eigenvalue weighted by Gasteiger charge is 2.19. The molecule has 0 saturated carbocycles. The van der Waals surface area contributed by atoms with Gasteiger partial charge in [0.1, 0.15) is 12.4 Å². The number of aromatic nitrogens is 2. The van der Waals surface area contributed by atoms with Gasteiger partial charge in [-0.25, -0.2) is 9.98 Å². The van der Waals surface area contributed by atoms with Gasteiger partial charge in [0.2, 0.25) is 0 Å². The molecule has 0 saturated heterocycles. The topological polar surface area (TPSA) is 54.2 Å². The van der Waals surface area contributed by atoms with Gasteiger partial charge in [-0.1, -0.05) is 37.6 Å². The average Bonchev–Trinajstić information content (AvgIpc) is 3.06. The number of nitrogens with one attached hydrogen (secondary N) is 2. The molecule has 0 amide bonds. The molecule has 28 heavy (non-hydrogen) atoms. The number of halogens is 4. The molecule has 0 fully saturated rings. The molecule has 9 heteroatoms. The summed E-state index contributed by atoms with van der Waals surface area (Å²) in [7, 11) is 0. The van der Waals surface area contributed by atoms with Crippen molar-refractivity contribution < 1.29 is 8.78 Å². The molecule has 0 unspecified atom stereocenters. The van der Waals surface area contributed by atoms with Crippen LogP contribution in [0.5, 0.6) is 0 Å². The summed E-state index contributed by atoms with van der Waals surface area (Å²) in [5.74, 6) is 0.792. The van der Waals surface area contributed by atoms with E-state index < -0.39 is 6.55 Å². The Morgan fingerprint density at radius 2 is 2.07 bits per heavy atom. The molecule has 2 aromatic rings. The Balaban J connectivity index is 0.00000392. The Hall–Kier alpha value is -1.42. The number of imidazole rings is 1. The van der Waals surface area contributed by atoms with Crippen LogP contribution >= 0.6 is 35.6 Å². The van der Waals surface area contributed by atoms with Gasteiger partial charge < -0.3 is 10.6 Å². The van der Waals surface area contributed by atoms with E-state index in [1.54, 1.807) is 0 Å². The second-order valence-electron chi connectivity index (χ2n) is 7.05. The van der Waals surface area contributed by atoms with E-state index in [4.69, 9.17) is 11.6 Å². The Morgan fingerprint density at radius 3 is 2.71 bits per heavy atom. The summed E-state index contributed by atoms with van der Waals surface area (Å²) in [5.41, 5.74) is 1.11. The van der Waals surface area contributed by atoms with Crippen LogP contribution in [0.3, 0.4) is 0 Å². The van der Waals surface area contributed by atoms with Gasteiger partial charge in [0.05, 0.1) is 0 Å². The van der Waals surface area contributed by atoms with Crippen LogP contribution in [-0.4, -0.2) is 28.6 Å². The minimum absolute atomic E-state index is 0. The van der Waals surface area contributed by atoms with Crippen molar-refractivity contribution in [3.8, 4) is 0 Å². The predicted octanol–water partition coefficient (Wildman–Crippen LogP) is 4.87. The predicted molar refractivity (Wildman–Crippen MR) is 121 cm³/mol. The van der Waals surface area contributed by atoms with Gasteiger partial charge >= 0.3 is 6.55 Å². The van der Waals surface area contributed by atoms with E-state index in [9.17, 15) is 8.78 Å². The van der Waals surface area contributed by atoms with Crippen LogP contribution in [0.25, 0.3) is 0 Å². The van der Waals surface area contributed by atoms with Crippen LogP contribution in [0, 0.1) is 5.41 Å². The van der Waals surface area contributed by atoms with Gasteiger partial charge in [-0.15, -0.1) is 24.0 Å². The number of rotatable bonds is 8. The van der Waals surface area contributed by atoms with Crippen LogP contribution in [-0.2, 0) is 13.0 Å². The monoisotopic (exact) mass is 525 g/mol. The van der Waals surface area contributed by atoms with Crippen LogP contribution in [0.15, 0.2) is 41.7 Å². The SMILES string of the molecule is CCNC(=NCc1nccn1C(F)F)NCC(C)(C)Cc1cccc(Cl)c1.I. The second kappa shape index (κ2) is 11.5. The number of guanidine groups is 1. The zero-order valence-electron chi connectivity index (χ0n) is 16.3. The molecule has 0 bridgehead atoms. The zero-order chi connectivity index (χ0) is 19.9. The molecule has 2 rings (SSSR count). The molecule has 0 atom stereocenters. The molecule has 1 aromatic carbocycles. The fourth-order valence-electron chi connectivity index (χ4n) is 2.72. The van der Waals surface area contributed by atoms with E-state index >= 15 is 0 Å². The van der Waals surface area contributed by atoms with Gasteiger partial charge in [0.15, 0.2) is 5.96 Å². The molecule has 156 valence electrons. The lowest BCUT2D eigenvalue weighted by atomic mass is 9.86. The Morgan fingerprint density at radius 1 is 1.32 bits per heavy atom. The number of nitrogens with zero attached hydrogens (tertiary/aromatic N) is 3. The lowest BCUT2D eigenvalue weighted by molar-refractivity contribution is 0.0671. The Labute approximate surface area is 187 Å². The zero-order valence-corrected chi connectivity index (χ0v) is 19.3. The summed E-state index contributed by atoms with van der Waals surface area (Å²) < 4.78 is 26.6.